The van der Waals surface area contributed by atoms with Gasteiger partial charge in [-0.3, -0.25) is 4.79 Å². The number of carbonyl (C=O) groups is 2. The Hall–Kier alpha value is -1.30. The molecule has 2 atom stereocenters. The minimum Gasteiger partial charge on any atom is -0.481 e. The molecule has 0 aromatic carbocycles. The molecular weight excluding hydrogens is 238 g/mol. The van der Waals surface area contributed by atoms with Crippen molar-refractivity contribution in [2.45, 2.75) is 38.4 Å². The fourth-order valence-electron chi connectivity index (χ4n) is 2.39. The van der Waals surface area contributed by atoms with Gasteiger partial charge in [-0.25, -0.2) is 4.79 Å². The van der Waals surface area contributed by atoms with Gasteiger partial charge in [-0.05, 0) is 27.2 Å². The largest absolute Gasteiger partial charge is 0.481 e. The van der Waals surface area contributed by atoms with Crippen LogP contribution in [-0.4, -0.2) is 53.0 Å². The molecule has 6 nitrogen and oxygen atoms in total. The van der Waals surface area contributed by atoms with Crippen molar-refractivity contribution in [1.82, 2.24) is 4.90 Å². The maximum Gasteiger partial charge on any atom is 0.410 e. The summed E-state index contributed by atoms with van der Waals surface area (Å²) in [6.45, 7) is 6.43. The molecule has 0 saturated carbocycles. The summed E-state index contributed by atoms with van der Waals surface area (Å²) in [6, 6.07) is 0. The summed E-state index contributed by atoms with van der Waals surface area (Å²) in [6.07, 6.45) is 0.155. The quantitative estimate of drug-likeness (QED) is 0.761. The van der Waals surface area contributed by atoms with E-state index in [2.05, 4.69) is 0 Å². The standard InChI is InChI=1S/C12H19NO5/c1-11(2,3)18-10(16)13-5-4-12(7-13)8(6-17-12)9(14)15/h8H,4-7H2,1-3H3,(H,14,15). The number of aliphatic carboxylic acids is 1. The molecule has 0 aliphatic carbocycles. The SMILES string of the molecule is CC(C)(C)OC(=O)N1CCC2(C1)OCC2C(=O)O. The van der Waals surface area contributed by atoms with Gasteiger partial charge >= 0.3 is 12.1 Å². The van der Waals surface area contributed by atoms with Crippen molar-refractivity contribution in [2.24, 2.45) is 5.92 Å². The summed E-state index contributed by atoms with van der Waals surface area (Å²) in [5.41, 5.74) is -1.23. The van der Waals surface area contributed by atoms with E-state index in [0.717, 1.165) is 0 Å². The number of carboxylic acid groups (broad SMARTS) is 1. The molecule has 2 saturated heterocycles. The molecule has 18 heavy (non-hydrogen) atoms. The summed E-state index contributed by atoms with van der Waals surface area (Å²) in [7, 11) is 0. The van der Waals surface area contributed by atoms with E-state index in [9.17, 15) is 9.59 Å². The lowest BCUT2D eigenvalue weighted by molar-refractivity contribution is -0.210. The normalized spacial score (nSPS) is 31.3. The van der Waals surface area contributed by atoms with Crippen molar-refractivity contribution in [1.29, 1.82) is 0 Å². The second-order valence-corrected chi connectivity index (χ2v) is 5.92. The third kappa shape index (κ3) is 2.29. The highest BCUT2D eigenvalue weighted by Crippen LogP contribution is 2.41. The third-order valence-corrected chi connectivity index (χ3v) is 3.39. The second-order valence-electron chi connectivity index (χ2n) is 5.92. The first-order valence-corrected chi connectivity index (χ1v) is 6.08. The van der Waals surface area contributed by atoms with E-state index in [4.69, 9.17) is 14.6 Å². The molecule has 2 rings (SSSR count). The summed E-state index contributed by atoms with van der Waals surface area (Å²) < 4.78 is 10.7. The van der Waals surface area contributed by atoms with Crippen molar-refractivity contribution in [3.8, 4) is 0 Å². The van der Waals surface area contributed by atoms with Crippen molar-refractivity contribution in [2.75, 3.05) is 19.7 Å². The van der Waals surface area contributed by atoms with Crippen molar-refractivity contribution < 1.29 is 24.2 Å². The molecule has 0 aromatic rings. The minimum atomic E-state index is -0.854. The maximum absolute atomic E-state index is 11.9. The lowest BCUT2D eigenvalue weighted by Crippen LogP contribution is -2.58. The van der Waals surface area contributed by atoms with Gasteiger partial charge in [0, 0.05) is 6.54 Å². The molecule has 2 aliphatic heterocycles. The zero-order valence-corrected chi connectivity index (χ0v) is 10.9. The van der Waals surface area contributed by atoms with Gasteiger partial charge in [0.1, 0.15) is 17.1 Å². The molecule has 0 bridgehead atoms. The number of carboxylic acids is 1. The highest BCUT2D eigenvalue weighted by molar-refractivity contribution is 5.74. The second kappa shape index (κ2) is 4.12. The van der Waals surface area contributed by atoms with Crippen LogP contribution in [0.25, 0.3) is 0 Å². The van der Waals surface area contributed by atoms with Gasteiger partial charge in [0.25, 0.3) is 0 Å². The monoisotopic (exact) mass is 257 g/mol. The summed E-state index contributed by atoms with van der Waals surface area (Å²) >= 11 is 0. The Balaban J connectivity index is 1.97. The number of amides is 1. The minimum absolute atomic E-state index is 0.234. The van der Waals surface area contributed by atoms with Gasteiger partial charge in [0.15, 0.2) is 0 Å². The fourth-order valence-corrected chi connectivity index (χ4v) is 2.39. The van der Waals surface area contributed by atoms with Crippen LogP contribution in [-0.2, 0) is 14.3 Å². The number of ether oxygens (including phenoxy) is 2. The van der Waals surface area contributed by atoms with Gasteiger partial charge in [-0.15, -0.1) is 0 Å². The number of carbonyl (C=O) groups excluding carboxylic acids is 1. The van der Waals surface area contributed by atoms with E-state index < -0.39 is 29.2 Å². The van der Waals surface area contributed by atoms with Crippen LogP contribution >= 0.6 is 0 Å². The molecule has 6 heteroatoms. The Morgan fingerprint density at radius 3 is 2.56 bits per heavy atom. The van der Waals surface area contributed by atoms with Crippen LogP contribution in [0.5, 0.6) is 0 Å². The first-order valence-electron chi connectivity index (χ1n) is 6.08. The van der Waals surface area contributed by atoms with E-state index in [1.165, 1.54) is 4.90 Å². The zero-order chi connectivity index (χ0) is 13.6. The Kier molecular flexibility index (Phi) is 3.01. The highest BCUT2D eigenvalue weighted by Gasteiger charge is 2.57. The smallest absolute Gasteiger partial charge is 0.410 e. The molecule has 1 amide bonds. The van der Waals surface area contributed by atoms with Gasteiger partial charge < -0.3 is 19.5 Å². The molecule has 2 aliphatic rings. The van der Waals surface area contributed by atoms with E-state index in [1.54, 1.807) is 20.8 Å². The van der Waals surface area contributed by atoms with Crippen molar-refractivity contribution >= 4 is 12.1 Å². The molecule has 2 fully saturated rings. The molecule has 2 heterocycles. The Morgan fingerprint density at radius 1 is 1.44 bits per heavy atom. The zero-order valence-electron chi connectivity index (χ0n) is 10.9. The lowest BCUT2D eigenvalue weighted by atomic mass is 9.82. The van der Waals surface area contributed by atoms with Gasteiger partial charge in [0.05, 0.1) is 13.2 Å². The molecule has 0 aromatic heterocycles. The topological polar surface area (TPSA) is 76.1 Å². The first-order chi connectivity index (χ1) is 8.23. The number of likely N-dealkylation sites (tertiary alicyclic amines) is 1. The highest BCUT2D eigenvalue weighted by atomic mass is 16.6. The fraction of sp³-hybridized carbons (Fsp3) is 0.833. The number of nitrogens with zero attached hydrogens (tertiary/aromatic N) is 1. The Labute approximate surface area is 106 Å². The van der Waals surface area contributed by atoms with Crippen LogP contribution in [0.1, 0.15) is 27.2 Å². The molecule has 1 spiro atoms. The van der Waals surface area contributed by atoms with Gasteiger partial charge in [0.2, 0.25) is 0 Å². The lowest BCUT2D eigenvalue weighted by Gasteiger charge is -2.44. The molecule has 1 N–H and O–H groups in total. The Morgan fingerprint density at radius 2 is 2.11 bits per heavy atom. The summed E-state index contributed by atoms with van der Waals surface area (Å²) in [4.78, 5) is 24.4. The predicted molar refractivity (Wildman–Crippen MR) is 62.2 cm³/mol. The van der Waals surface area contributed by atoms with Crippen molar-refractivity contribution in [3.63, 3.8) is 0 Å². The molecule has 0 radical (unpaired) electrons. The van der Waals surface area contributed by atoms with E-state index in [1.807, 2.05) is 0 Å². The van der Waals surface area contributed by atoms with E-state index in [0.29, 0.717) is 19.5 Å². The maximum atomic E-state index is 11.9. The van der Waals surface area contributed by atoms with Crippen LogP contribution in [0, 0.1) is 5.92 Å². The van der Waals surface area contributed by atoms with Gasteiger partial charge in [-0.1, -0.05) is 0 Å². The predicted octanol–water partition coefficient (Wildman–Crippen LogP) is 1.10. The molecule has 102 valence electrons. The molecular formula is C12H19NO5. The number of hydrogen-bond donors (Lipinski definition) is 1. The molecule has 2 unspecified atom stereocenters. The van der Waals surface area contributed by atoms with Crippen molar-refractivity contribution in [3.05, 3.63) is 0 Å². The average molecular weight is 257 g/mol. The number of rotatable bonds is 1. The first kappa shape index (κ1) is 13.1. The van der Waals surface area contributed by atoms with Crippen LogP contribution in [0.2, 0.25) is 0 Å². The van der Waals surface area contributed by atoms with E-state index in [-0.39, 0.29) is 6.61 Å². The summed E-state index contributed by atoms with van der Waals surface area (Å²) in [5.74, 6) is -1.36. The van der Waals surface area contributed by atoms with Gasteiger partial charge in [-0.2, -0.15) is 0 Å². The van der Waals surface area contributed by atoms with E-state index >= 15 is 0 Å². The van der Waals surface area contributed by atoms with Crippen LogP contribution < -0.4 is 0 Å². The van der Waals surface area contributed by atoms with Crippen LogP contribution in [0.4, 0.5) is 4.79 Å². The Bertz CT molecular complexity index is 375. The average Bonchev–Trinajstić information content (AvgIpc) is 2.58. The van der Waals surface area contributed by atoms with Crippen LogP contribution in [0.3, 0.4) is 0 Å². The summed E-state index contributed by atoms with van der Waals surface area (Å²) in [5, 5.41) is 9.06. The van der Waals surface area contributed by atoms with Crippen LogP contribution in [0.15, 0.2) is 0 Å². The third-order valence-electron chi connectivity index (χ3n) is 3.39. The number of hydrogen-bond acceptors (Lipinski definition) is 4.